The van der Waals surface area contributed by atoms with E-state index in [-0.39, 0.29) is 18.1 Å². The molecular formula is C15H23BrN2O2. The lowest BCUT2D eigenvalue weighted by Gasteiger charge is -2.24. The lowest BCUT2D eigenvalue weighted by Crippen LogP contribution is -2.44. The van der Waals surface area contributed by atoms with Gasteiger partial charge >= 0.3 is 0 Å². The van der Waals surface area contributed by atoms with Gasteiger partial charge in [0.05, 0.1) is 0 Å². The predicted molar refractivity (Wildman–Crippen MR) is 84.9 cm³/mol. The number of amides is 1. The molecule has 1 amide bonds. The van der Waals surface area contributed by atoms with E-state index in [1.807, 2.05) is 46.0 Å². The molecule has 2 N–H and O–H groups in total. The Morgan fingerprint density at radius 2 is 2.10 bits per heavy atom. The molecule has 112 valence electrons. The van der Waals surface area contributed by atoms with E-state index in [0.717, 1.165) is 23.0 Å². The van der Waals surface area contributed by atoms with E-state index >= 15 is 0 Å². The van der Waals surface area contributed by atoms with E-state index in [2.05, 4.69) is 26.6 Å². The van der Waals surface area contributed by atoms with Crippen molar-refractivity contribution in [1.82, 2.24) is 10.6 Å². The number of benzene rings is 1. The van der Waals surface area contributed by atoms with Gasteiger partial charge in [0.1, 0.15) is 5.75 Å². The Morgan fingerprint density at radius 3 is 2.70 bits per heavy atom. The molecule has 0 aliphatic rings. The second kappa shape index (κ2) is 7.64. The lowest BCUT2D eigenvalue weighted by molar-refractivity contribution is -0.124. The third kappa shape index (κ3) is 5.51. The largest absolute Gasteiger partial charge is 0.484 e. The van der Waals surface area contributed by atoms with Crippen LogP contribution in [0.4, 0.5) is 0 Å². The first kappa shape index (κ1) is 17.0. The monoisotopic (exact) mass is 342 g/mol. The number of rotatable bonds is 7. The zero-order valence-corrected chi connectivity index (χ0v) is 14.1. The summed E-state index contributed by atoms with van der Waals surface area (Å²) in [5.41, 5.74) is 0.900. The third-order valence-corrected chi connectivity index (χ3v) is 3.89. The van der Waals surface area contributed by atoms with E-state index < -0.39 is 0 Å². The van der Waals surface area contributed by atoms with Gasteiger partial charge < -0.3 is 15.4 Å². The van der Waals surface area contributed by atoms with Crippen LogP contribution >= 0.6 is 15.9 Å². The summed E-state index contributed by atoms with van der Waals surface area (Å²) in [6.45, 7) is 6.81. The molecular weight excluding hydrogens is 320 g/mol. The molecule has 20 heavy (non-hydrogen) atoms. The van der Waals surface area contributed by atoms with Crippen LogP contribution in [0.3, 0.4) is 0 Å². The van der Waals surface area contributed by atoms with Crippen molar-refractivity contribution in [2.24, 2.45) is 0 Å². The Balaban J connectivity index is 2.57. The maximum atomic E-state index is 11.8. The summed E-state index contributed by atoms with van der Waals surface area (Å²) in [6.07, 6.45) is 0.878. The summed E-state index contributed by atoms with van der Waals surface area (Å²) >= 11 is 3.49. The van der Waals surface area contributed by atoms with E-state index in [4.69, 9.17) is 4.74 Å². The molecule has 0 saturated carbocycles. The van der Waals surface area contributed by atoms with E-state index in [9.17, 15) is 4.79 Å². The normalized spacial score (nSPS) is 11.2. The average Bonchev–Trinajstić information content (AvgIpc) is 2.39. The van der Waals surface area contributed by atoms with Gasteiger partial charge in [0, 0.05) is 16.6 Å². The van der Waals surface area contributed by atoms with Crippen molar-refractivity contribution in [2.45, 2.75) is 39.3 Å². The molecule has 0 bridgehead atoms. The number of carbonyl (C=O) groups is 1. The van der Waals surface area contributed by atoms with Crippen LogP contribution in [0.15, 0.2) is 22.7 Å². The quantitative estimate of drug-likeness (QED) is 0.800. The molecule has 0 aromatic heterocycles. The number of nitrogens with one attached hydrogen (secondary N) is 2. The van der Waals surface area contributed by atoms with Gasteiger partial charge in [-0.3, -0.25) is 4.79 Å². The van der Waals surface area contributed by atoms with Gasteiger partial charge in [0.2, 0.25) is 0 Å². The van der Waals surface area contributed by atoms with E-state index in [1.54, 1.807) is 0 Å². The molecule has 0 saturated heterocycles. The Hall–Kier alpha value is -1.07. The van der Waals surface area contributed by atoms with Gasteiger partial charge in [0.25, 0.3) is 5.91 Å². The molecule has 5 heteroatoms. The first-order valence-corrected chi connectivity index (χ1v) is 7.54. The number of hydrogen-bond acceptors (Lipinski definition) is 3. The van der Waals surface area contributed by atoms with Gasteiger partial charge in [-0.25, -0.2) is 0 Å². The molecule has 0 spiro atoms. The van der Waals surface area contributed by atoms with Crippen molar-refractivity contribution in [2.75, 3.05) is 13.7 Å². The molecule has 0 radical (unpaired) electrons. The van der Waals surface area contributed by atoms with Crippen molar-refractivity contribution in [1.29, 1.82) is 0 Å². The van der Waals surface area contributed by atoms with Crippen molar-refractivity contribution < 1.29 is 9.53 Å². The van der Waals surface area contributed by atoms with Crippen LogP contribution in [-0.4, -0.2) is 25.1 Å². The number of hydrogen-bond donors (Lipinski definition) is 2. The molecule has 1 aromatic carbocycles. The van der Waals surface area contributed by atoms with Crippen molar-refractivity contribution in [3.05, 3.63) is 28.2 Å². The first-order chi connectivity index (χ1) is 9.38. The Labute approximate surface area is 129 Å². The number of carbonyl (C=O) groups excluding carboxylic acids is 1. The fraction of sp³-hybridized carbons (Fsp3) is 0.533. The van der Waals surface area contributed by atoms with Crippen LogP contribution in [0.25, 0.3) is 0 Å². The molecule has 0 aliphatic heterocycles. The van der Waals surface area contributed by atoms with E-state index in [1.165, 1.54) is 0 Å². The summed E-state index contributed by atoms with van der Waals surface area (Å²) < 4.78 is 6.56. The third-order valence-electron chi connectivity index (χ3n) is 3.12. The van der Waals surface area contributed by atoms with Crippen LogP contribution < -0.4 is 15.4 Å². The van der Waals surface area contributed by atoms with Gasteiger partial charge in [-0.15, -0.1) is 0 Å². The lowest BCUT2D eigenvalue weighted by atomic mass is 10.0. The Kier molecular flexibility index (Phi) is 6.49. The standard InChI is InChI=1S/C15H23BrN2O2/c1-5-15(2,3)18-14(19)10-20-12-6-7-13(16)11(8-12)9-17-4/h6-8,17H,5,9-10H2,1-4H3,(H,18,19). The molecule has 0 fully saturated rings. The highest BCUT2D eigenvalue weighted by atomic mass is 79.9. The van der Waals surface area contributed by atoms with Crippen LogP contribution in [0.5, 0.6) is 5.75 Å². The highest BCUT2D eigenvalue weighted by molar-refractivity contribution is 9.10. The first-order valence-electron chi connectivity index (χ1n) is 6.75. The molecule has 1 aromatic rings. The van der Waals surface area contributed by atoms with Crippen molar-refractivity contribution >= 4 is 21.8 Å². The van der Waals surface area contributed by atoms with Gasteiger partial charge in [0.15, 0.2) is 6.61 Å². The molecule has 0 unspecified atom stereocenters. The van der Waals surface area contributed by atoms with Gasteiger partial charge in [-0.2, -0.15) is 0 Å². The second-order valence-electron chi connectivity index (χ2n) is 5.36. The topological polar surface area (TPSA) is 50.4 Å². The molecule has 4 nitrogen and oxygen atoms in total. The van der Waals surface area contributed by atoms with Crippen molar-refractivity contribution in [3.8, 4) is 5.75 Å². The zero-order chi connectivity index (χ0) is 15.2. The van der Waals surface area contributed by atoms with Crippen LogP contribution in [-0.2, 0) is 11.3 Å². The molecule has 0 aliphatic carbocycles. The fourth-order valence-electron chi connectivity index (χ4n) is 1.62. The predicted octanol–water partition coefficient (Wildman–Crippen LogP) is 2.85. The van der Waals surface area contributed by atoms with Gasteiger partial charge in [-0.1, -0.05) is 22.9 Å². The maximum Gasteiger partial charge on any atom is 0.258 e. The zero-order valence-electron chi connectivity index (χ0n) is 12.5. The molecule has 1 rings (SSSR count). The van der Waals surface area contributed by atoms with E-state index in [0.29, 0.717) is 5.75 Å². The summed E-state index contributed by atoms with van der Waals surface area (Å²) in [4.78, 5) is 11.8. The SMILES string of the molecule is CCC(C)(C)NC(=O)COc1ccc(Br)c(CNC)c1. The summed E-state index contributed by atoms with van der Waals surface area (Å²) in [5, 5.41) is 6.03. The smallest absolute Gasteiger partial charge is 0.258 e. The summed E-state index contributed by atoms with van der Waals surface area (Å²) in [5.74, 6) is 0.595. The average molecular weight is 343 g/mol. The molecule has 0 heterocycles. The van der Waals surface area contributed by atoms with Crippen LogP contribution in [0.1, 0.15) is 32.8 Å². The maximum absolute atomic E-state index is 11.8. The van der Waals surface area contributed by atoms with Crippen LogP contribution in [0.2, 0.25) is 0 Å². The Morgan fingerprint density at radius 1 is 1.40 bits per heavy atom. The minimum atomic E-state index is -0.197. The minimum Gasteiger partial charge on any atom is -0.484 e. The van der Waals surface area contributed by atoms with Gasteiger partial charge in [-0.05, 0) is 51.1 Å². The number of halogens is 1. The highest BCUT2D eigenvalue weighted by Crippen LogP contribution is 2.22. The fourth-order valence-corrected chi connectivity index (χ4v) is 2.00. The van der Waals surface area contributed by atoms with Crippen LogP contribution in [0, 0.1) is 0 Å². The Bertz CT molecular complexity index is 461. The minimum absolute atomic E-state index is 0.0318. The van der Waals surface area contributed by atoms with Crippen molar-refractivity contribution in [3.63, 3.8) is 0 Å². The molecule has 0 atom stereocenters. The highest BCUT2D eigenvalue weighted by Gasteiger charge is 2.17. The number of ether oxygens (including phenoxy) is 1. The summed E-state index contributed by atoms with van der Waals surface area (Å²) in [7, 11) is 1.89. The second-order valence-corrected chi connectivity index (χ2v) is 6.21. The summed E-state index contributed by atoms with van der Waals surface area (Å²) in [6, 6.07) is 5.70.